The van der Waals surface area contributed by atoms with Crippen LogP contribution in [0.15, 0.2) is 18.2 Å². The lowest BCUT2D eigenvalue weighted by Gasteiger charge is -1.99. The van der Waals surface area contributed by atoms with E-state index in [0.29, 0.717) is 15.0 Å². The molecule has 1 heterocycles. The second kappa shape index (κ2) is 3.29. The lowest BCUT2D eigenvalue weighted by molar-refractivity contribution is 0.613. The summed E-state index contributed by atoms with van der Waals surface area (Å²) in [6.07, 6.45) is 0. The number of benzene rings is 1. The molecular formula is C10H9F2NS. The maximum absolute atomic E-state index is 13.6. The summed E-state index contributed by atoms with van der Waals surface area (Å²) in [5, 5.41) is 0.448. The third-order valence-electron chi connectivity index (χ3n) is 2.03. The summed E-state index contributed by atoms with van der Waals surface area (Å²) in [5.74, 6) is -0.671. The molecule has 0 aliphatic heterocycles. The van der Waals surface area contributed by atoms with E-state index in [1.165, 1.54) is 29.5 Å². The van der Waals surface area contributed by atoms with Gasteiger partial charge in [0.2, 0.25) is 0 Å². The van der Waals surface area contributed by atoms with Crippen molar-refractivity contribution in [3.8, 4) is 0 Å². The largest absolute Gasteiger partial charge is 0.323 e. The molecule has 2 N–H and O–H groups in total. The summed E-state index contributed by atoms with van der Waals surface area (Å²) in [6, 6.07) is 3.68. The van der Waals surface area contributed by atoms with Gasteiger partial charge in [0.1, 0.15) is 11.6 Å². The number of fused-ring (bicyclic) bond motifs is 1. The average molecular weight is 213 g/mol. The fourth-order valence-electron chi connectivity index (χ4n) is 1.35. The minimum atomic E-state index is -0.352. The first-order chi connectivity index (χ1) is 6.59. The van der Waals surface area contributed by atoms with E-state index in [4.69, 9.17) is 5.73 Å². The Morgan fingerprint density at radius 2 is 2.07 bits per heavy atom. The first-order valence-corrected chi connectivity index (χ1v) is 5.04. The molecule has 0 radical (unpaired) electrons. The maximum atomic E-state index is 13.6. The molecule has 1 aromatic heterocycles. The first kappa shape index (κ1) is 9.55. The van der Waals surface area contributed by atoms with E-state index < -0.39 is 0 Å². The highest BCUT2D eigenvalue weighted by atomic mass is 32.1. The summed E-state index contributed by atoms with van der Waals surface area (Å²) in [5.41, 5.74) is 5.59. The maximum Gasteiger partial charge on any atom is 0.146 e. The van der Waals surface area contributed by atoms with Crippen molar-refractivity contribution < 1.29 is 8.78 Å². The Labute approximate surface area is 84.2 Å². The topological polar surface area (TPSA) is 26.0 Å². The molecule has 0 aliphatic rings. The van der Waals surface area contributed by atoms with Crippen molar-refractivity contribution in [3.05, 3.63) is 34.7 Å². The summed E-state index contributed by atoms with van der Waals surface area (Å²) < 4.78 is 27.1. The average Bonchev–Trinajstić information content (AvgIpc) is 2.43. The van der Waals surface area contributed by atoms with Crippen LogP contribution in [0.3, 0.4) is 0 Å². The first-order valence-electron chi connectivity index (χ1n) is 4.22. The van der Waals surface area contributed by atoms with Crippen LogP contribution in [0.1, 0.15) is 17.8 Å². The zero-order valence-corrected chi connectivity index (χ0v) is 8.37. The number of halogens is 2. The van der Waals surface area contributed by atoms with Crippen LogP contribution in [0.5, 0.6) is 0 Å². The van der Waals surface area contributed by atoms with E-state index >= 15 is 0 Å². The predicted octanol–water partition coefficient (Wildman–Crippen LogP) is 3.20. The molecule has 0 unspecified atom stereocenters. The Morgan fingerprint density at radius 1 is 1.36 bits per heavy atom. The van der Waals surface area contributed by atoms with Crippen LogP contribution in [0.25, 0.3) is 10.1 Å². The van der Waals surface area contributed by atoms with Gasteiger partial charge in [-0.2, -0.15) is 0 Å². The van der Waals surface area contributed by atoms with Gasteiger partial charge in [-0.25, -0.2) is 8.78 Å². The molecule has 0 saturated heterocycles. The van der Waals surface area contributed by atoms with Gasteiger partial charge in [-0.05, 0) is 25.1 Å². The Bertz CT molecular complexity index is 476. The zero-order valence-electron chi connectivity index (χ0n) is 7.55. The summed E-state index contributed by atoms with van der Waals surface area (Å²) >= 11 is 1.21. The molecule has 74 valence electrons. The Morgan fingerprint density at radius 3 is 2.71 bits per heavy atom. The second-order valence-electron chi connectivity index (χ2n) is 3.21. The monoisotopic (exact) mass is 213 g/mol. The van der Waals surface area contributed by atoms with E-state index in [1.807, 2.05) is 0 Å². The number of hydrogen-bond acceptors (Lipinski definition) is 2. The van der Waals surface area contributed by atoms with E-state index in [-0.39, 0.29) is 17.7 Å². The lowest BCUT2D eigenvalue weighted by Crippen LogP contribution is -2.03. The standard InChI is InChI=1S/C10H9F2NS/c1-5(13)10-9(12)7-3-2-6(11)4-8(7)14-10/h2-5H,13H2,1H3/t5-/m1/s1. The van der Waals surface area contributed by atoms with Crippen LogP contribution in [0.4, 0.5) is 8.78 Å². The lowest BCUT2D eigenvalue weighted by atomic mass is 10.2. The highest BCUT2D eigenvalue weighted by Crippen LogP contribution is 2.33. The molecule has 0 aliphatic carbocycles. The van der Waals surface area contributed by atoms with Crippen molar-refractivity contribution in [1.82, 2.24) is 0 Å². The molecule has 0 saturated carbocycles. The van der Waals surface area contributed by atoms with E-state index in [0.717, 1.165) is 0 Å². The Balaban J connectivity index is 2.73. The van der Waals surface area contributed by atoms with Gasteiger partial charge in [-0.1, -0.05) is 0 Å². The van der Waals surface area contributed by atoms with Gasteiger partial charge < -0.3 is 5.73 Å². The van der Waals surface area contributed by atoms with Gasteiger partial charge in [-0.3, -0.25) is 0 Å². The highest BCUT2D eigenvalue weighted by Gasteiger charge is 2.14. The minimum absolute atomic E-state index is 0.319. The zero-order chi connectivity index (χ0) is 10.3. The molecule has 1 aromatic carbocycles. The van der Waals surface area contributed by atoms with Crippen LogP contribution in [-0.4, -0.2) is 0 Å². The van der Waals surface area contributed by atoms with Gasteiger partial charge in [-0.15, -0.1) is 11.3 Å². The molecule has 4 heteroatoms. The van der Waals surface area contributed by atoms with Gasteiger partial charge in [0.05, 0.1) is 4.88 Å². The summed E-state index contributed by atoms with van der Waals surface area (Å²) in [4.78, 5) is 0.477. The van der Waals surface area contributed by atoms with Crippen LogP contribution < -0.4 is 5.73 Å². The molecule has 14 heavy (non-hydrogen) atoms. The number of rotatable bonds is 1. The SMILES string of the molecule is C[C@@H](N)c1sc2cc(F)ccc2c1F. The third-order valence-corrected chi connectivity index (χ3v) is 3.36. The molecule has 0 bridgehead atoms. The molecular weight excluding hydrogens is 204 g/mol. The van der Waals surface area contributed by atoms with Crippen molar-refractivity contribution in [2.24, 2.45) is 5.73 Å². The van der Waals surface area contributed by atoms with Crippen LogP contribution >= 0.6 is 11.3 Å². The predicted molar refractivity (Wildman–Crippen MR) is 54.3 cm³/mol. The van der Waals surface area contributed by atoms with E-state index in [9.17, 15) is 8.78 Å². The molecule has 0 fully saturated rings. The third kappa shape index (κ3) is 1.40. The van der Waals surface area contributed by atoms with Gasteiger partial charge in [0, 0.05) is 16.1 Å². The minimum Gasteiger partial charge on any atom is -0.323 e. The molecule has 1 nitrogen and oxygen atoms in total. The second-order valence-corrected chi connectivity index (χ2v) is 4.29. The van der Waals surface area contributed by atoms with E-state index in [1.54, 1.807) is 6.92 Å². The van der Waals surface area contributed by atoms with Gasteiger partial charge >= 0.3 is 0 Å². The van der Waals surface area contributed by atoms with E-state index in [2.05, 4.69) is 0 Å². The smallest absolute Gasteiger partial charge is 0.146 e. The quantitative estimate of drug-likeness (QED) is 0.773. The van der Waals surface area contributed by atoms with Crippen LogP contribution in [0, 0.1) is 11.6 Å². The van der Waals surface area contributed by atoms with Crippen molar-refractivity contribution in [3.63, 3.8) is 0 Å². The molecule has 2 rings (SSSR count). The van der Waals surface area contributed by atoms with Crippen LogP contribution in [0.2, 0.25) is 0 Å². The number of hydrogen-bond donors (Lipinski definition) is 1. The van der Waals surface area contributed by atoms with Crippen molar-refractivity contribution in [2.45, 2.75) is 13.0 Å². The fraction of sp³-hybridized carbons (Fsp3) is 0.200. The Kier molecular flexibility index (Phi) is 2.25. The molecule has 1 atom stereocenters. The van der Waals surface area contributed by atoms with Crippen molar-refractivity contribution in [1.29, 1.82) is 0 Å². The van der Waals surface area contributed by atoms with Crippen LogP contribution in [-0.2, 0) is 0 Å². The Hall–Kier alpha value is -1.00. The van der Waals surface area contributed by atoms with Crippen molar-refractivity contribution in [2.75, 3.05) is 0 Å². The number of thiophene rings is 1. The molecule has 0 spiro atoms. The summed E-state index contributed by atoms with van der Waals surface area (Å²) in [7, 11) is 0. The van der Waals surface area contributed by atoms with Crippen molar-refractivity contribution >= 4 is 21.4 Å². The normalized spacial score (nSPS) is 13.4. The van der Waals surface area contributed by atoms with Gasteiger partial charge in [0.25, 0.3) is 0 Å². The molecule has 0 amide bonds. The summed E-state index contributed by atoms with van der Waals surface area (Å²) in [6.45, 7) is 1.71. The number of nitrogens with two attached hydrogens (primary N) is 1. The van der Waals surface area contributed by atoms with Gasteiger partial charge in [0.15, 0.2) is 0 Å². The molecule has 2 aromatic rings. The fourth-order valence-corrected chi connectivity index (χ4v) is 2.41. The highest BCUT2D eigenvalue weighted by molar-refractivity contribution is 7.19.